The quantitative estimate of drug-likeness (QED) is 0.491. The first-order valence-electron chi connectivity index (χ1n) is 5.55. The number of hydrogen-bond acceptors (Lipinski definition) is 1. The minimum Gasteiger partial charge on any atom is -0.205 e. The normalized spacial score (nSPS) is 19.0. The number of aryl methyl sites for hydroxylation is 1. The van der Waals surface area contributed by atoms with E-state index in [2.05, 4.69) is 45.4 Å². The first kappa shape index (κ1) is 10.4. The molecular weight excluding hydrogens is 184 g/mol. The van der Waals surface area contributed by atoms with Gasteiger partial charge in [-0.25, -0.2) is 4.59 Å². The maximum atomic E-state index is 4.76. The molecule has 1 aromatic rings. The molecular formula is C13H19N2+. The molecule has 0 saturated heterocycles. The molecule has 0 saturated carbocycles. The van der Waals surface area contributed by atoms with Crippen molar-refractivity contribution in [1.29, 1.82) is 0 Å². The summed E-state index contributed by atoms with van der Waals surface area (Å²) in [6.07, 6.45) is 3.55. The minimum absolute atomic E-state index is 0.656. The van der Waals surface area contributed by atoms with Gasteiger partial charge in [0.25, 0.3) is 0 Å². The van der Waals surface area contributed by atoms with Crippen LogP contribution in [0.1, 0.15) is 24.0 Å². The Kier molecular flexibility index (Phi) is 2.61. The minimum atomic E-state index is 0.656. The van der Waals surface area contributed by atoms with Crippen molar-refractivity contribution in [1.82, 2.24) is 0 Å². The largest absolute Gasteiger partial charge is 0.205 e. The number of nitrogens with zero attached hydrogens (tertiary/aromatic N) is 2. The second kappa shape index (κ2) is 3.78. The molecule has 0 fully saturated rings. The lowest BCUT2D eigenvalue weighted by Crippen LogP contribution is -2.30. The van der Waals surface area contributed by atoms with Crippen molar-refractivity contribution in [3.05, 3.63) is 35.4 Å². The molecule has 0 aliphatic heterocycles. The number of hydrogen-bond donors (Lipinski definition) is 0. The van der Waals surface area contributed by atoms with Gasteiger partial charge in [-0.15, -0.1) is 0 Å². The summed E-state index contributed by atoms with van der Waals surface area (Å²) in [5.41, 5.74) is 4.08. The standard InChI is InChI=1S/C13H19N2/c1-15(2,3)14-13-10-6-8-11-7-4-5-9-12(11)13/h4-5,7,9H,6,8,10H2,1-3H3/q+1/b14-13+. The number of quaternary nitrogens is 1. The highest BCUT2D eigenvalue weighted by Gasteiger charge is 2.18. The molecule has 1 aromatic carbocycles. The first-order valence-corrected chi connectivity index (χ1v) is 5.55. The highest BCUT2D eigenvalue weighted by molar-refractivity contribution is 6.02. The van der Waals surface area contributed by atoms with Gasteiger partial charge in [-0.2, -0.15) is 0 Å². The Bertz CT molecular complexity index is 386. The summed E-state index contributed by atoms with van der Waals surface area (Å²) in [4.78, 5) is 0. The van der Waals surface area contributed by atoms with Crippen molar-refractivity contribution in [2.24, 2.45) is 5.10 Å². The van der Waals surface area contributed by atoms with Gasteiger partial charge in [-0.3, -0.25) is 0 Å². The summed E-state index contributed by atoms with van der Waals surface area (Å²) in [5.74, 6) is 0. The molecule has 0 radical (unpaired) electrons. The third kappa shape index (κ3) is 2.45. The zero-order valence-electron chi connectivity index (χ0n) is 9.83. The Balaban J connectivity index is 2.42. The molecule has 2 heteroatoms. The van der Waals surface area contributed by atoms with Gasteiger partial charge in [-0.1, -0.05) is 29.4 Å². The van der Waals surface area contributed by atoms with E-state index in [4.69, 9.17) is 5.10 Å². The highest BCUT2D eigenvalue weighted by Crippen LogP contribution is 2.22. The maximum Gasteiger partial charge on any atom is 0.103 e. The van der Waals surface area contributed by atoms with Crippen LogP contribution in [-0.2, 0) is 6.42 Å². The van der Waals surface area contributed by atoms with E-state index in [9.17, 15) is 0 Å². The Morgan fingerprint density at radius 2 is 1.80 bits per heavy atom. The van der Waals surface area contributed by atoms with Crippen LogP contribution in [-0.4, -0.2) is 31.4 Å². The summed E-state index contributed by atoms with van der Waals surface area (Å²) in [5, 5.41) is 4.76. The van der Waals surface area contributed by atoms with Crippen molar-refractivity contribution in [2.75, 3.05) is 21.1 Å². The Morgan fingerprint density at radius 3 is 2.53 bits per heavy atom. The van der Waals surface area contributed by atoms with Gasteiger partial charge in [0.05, 0.1) is 21.1 Å². The molecule has 1 aliphatic rings. The molecule has 0 spiro atoms. The molecule has 2 nitrogen and oxygen atoms in total. The van der Waals surface area contributed by atoms with Crippen LogP contribution in [0, 0.1) is 0 Å². The zero-order valence-corrected chi connectivity index (χ0v) is 9.83. The second-order valence-electron chi connectivity index (χ2n) is 5.00. The van der Waals surface area contributed by atoms with Crippen LogP contribution in [0.4, 0.5) is 0 Å². The number of rotatable bonds is 1. The Morgan fingerprint density at radius 1 is 1.07 bits per heavy atom. The van der Waals surface area contributed by atoms with E-state index in [1.54, 1.807) is 0 Å². The van der Waals surface area contributed by atoms with E-state index in [0.717, 1.165) is 6.42 Å². The lowest BCUT2D eigenvalue weighted by Gasteiger charge is -2.22. The van der Waals surface area contributed by atoms with Crippen LogP contribution in [0.2, 0.25) is 0 Å². The van der Waals surface area contributed by atoms with E-state index >= 15 is 0 Å². The summed E-state index contributed by atoms with van der Waals surface area (Å²) >= 11 is 0. The molecule has 0 N–H and O–H groups in total. The zero-order chi connectivity index (χ0) is 10.9. The number of benzene rings is 1. The van der Waals surface area contributed by atoms with Crippen molar-refractivity contribution in [3.8, 4) is 0 Å². The van der Waals surface area contributed by atoms with Gasteiger partial charge < -0.3 is 0 Å². The summed E-state index contributed by atoms with van der Waals surface area (Å²) in [6.45, 7) is 0. The van der Waals surface area contributed by atoms with E-state index in [1.807, 2.05) is 0 Å². The summed E-state index contributed by atoms with van der Waals surface area (Å²) < 4.78 is 0.656. The fourth-order valence-corrected chi connectivity index (χ4v) is 2.07. The fourth-order valence-electron chi connectivity index (χ4n) is 2.07. The third-order valence-electron chi connectivity index (χ3n) is 2.61. The lowest BCUT2D eigenvalue weighted by molar-refractivity contribution is -0.877. The van der Waals surface area contributed by atoms with Crippen LogP contribution >= 0.6 is 0 Å². The number of fused-ring (bicyclic) bond motifs is 1. The molecule has 0 heterocycles. The topological polar surface area (TPSA) is 12.4 Å². The van der Waals surface area contributed by atoms with Gasteiger partial charge in [0.2, 0.25) is 0 Å². The predicted molar refractivity (Wildman–Crippen MR) is 63.9 cm³/mol. The molecule has 1 aliphatic carbocycles. The van der Waals surface area contributed by atoms with Gasteiger partial charge in [-0.05, 0) is 24.8 Å². The summed E-state index contributed by atoms with van der Waals surface area (Å²) in [7, 11) is 6.30. The molecule has 0 atom stereocenters. The van der Waals surface area contributed by atoms with Crippen LogP contribution in [0.25, 0.3) is 0 Å². The van der Waals surface area contributed by atoms with Gasteiger partial charge in [0, 0.05) is 5.56 Å². The average Bonchev–Trinajstić information content (AvgIpc) is 2.16. The maximum absolute atomic E-state index is 4.76. The van der Waals surface area contributed by atoms with Crippen molar-refractivity contribution < 1.29 is 4.59 Å². The molecule has 2 rings (SSSR count). The van der Waals surface area contributed by atoms with E-state index in [-0.39, 0.29) is 0 Å². The van der Waals surface area contributed by atoms with Gasteiger partial charge in [0.15, 0.2) is 0 Å². The molecule has 0 bridgehead atoms. The van der Waals surface area contributed by atoms with Gasteiger partial charge in [0.1, 0.15) is 5.71 Å². The van der Waals surface area contributed by atoms with Crippen molar-refractivity contribution >= 4 is 5.71 Å². The smallest absolute Gasteiger partial charge is 0.103 e. The van der Waals surface area contributed by atoms with Crippen LogP contribution in [0.3, 0.4) is 0 Å². The highest BCUT2D eigenvalue weighted by atomic mass is 15.6. The Labute approximate surface area is 91.8 Å². The monoisotopic (exact) mass is 203 g/mol. The van der Waals surface area contributed by atoms with Crippen molar-refractivity contribution in [2.45, 2.75) is 19.3 Å². The third-order valence-corrected chi connectivity index (χ3v) is 2.61. The molecule has 0 aromatic heterocycles. The van der Waals surface area contributed by atoms with Crippen LogP contribution < -0.4 is 0 Å². The molecule has 80 valence electrons. The predicted octanol–water partition coefficient (Wildman–Crippen LogP) is 2.43. The van der Waals surface area contributed by atoms with E-state index in [0.29, 0.717) is 4.59 Å². The van der Waals surface area contributed by atoms with E-state index < -0.39 is 0 Å². The summed E-state index contributed by atoms with van der Waals surface area (Å²) in [6, 6.07) is 8.64. The van der Waals surface area contributed by atoms with Gasteiger partial charge >= 0.3 is 0 Å². The molecule has 0 unspecified atom stereocenters. The molecule has 15 heavy (non-hydrogen) atoms. The van der Waals surface area contributed by atoms with Crippen LogP contribution in [0.15, 0.2) is 29.4 Å². The second-order valence-corrected chi connectivity index (χ2v) is 5.00. The van der Waals surface area contributed by atoms with Crippen molar-refractivity contribution in [3.63, 3.8) is 0 Å². The first-order chi connectivity index (χ1) is 7.06. The molecule has 0 amide bonds. The fraction of sp³-hybridized carbons (Fsp3) is 0.462. The van der Waals surface area contributed by atoms with E-state index in [1.165, 1.54) is 29.7 Å². The SMILES string of the molecule is C[N+](C)(C)/N=C1\CCCc2ccccc21. The lowest BCUT2D eigenvalue weighted by atomic mass is 9.90. The Hall–Kier alpha value is -1.15. The average molecular weight is 203 g/mol. The van der Waals surface area contributed by atoms with Crippen LogP contribution in [0.5, 0.6) is 0 Å².